The molecule has 1 N–H and O–H groups in total. The van der Waals surface area contributed by atoms with Crippen LogP contribution in [0.1, 0.15) is 12.6 Å². The Balaban J connectivity index is 2.15. The number of benzene rings is 1. The molecule has 3 rings (SSSR count). The highest BCUT2D eigenvalue weighted by molar-refractivity contribution is 5.95. The van der Waals surface area contributed by atoms with E-state index in [2.05, 4.69) is 16.0 Å². The summed E-state index contributed by atoms with van der Waals surface area (Å²) in [5.41, 5.74) is 3.12. The summed E-state index contributed by atoms with van der Waals surface area (Å²) in [4.78, 5) is 7.60. The van der Waals surface area contributed by atoms with Crippen LogP contribution in [0.2, 0.25) is 0 Å². The third-order valence-corrected chi connectivity index (χ3v) is 2.88. The van der Waals surface area contributed by atoms with E-state index in [0.29, 0.717) is 18.4 Å². The first-order chi connectivity index (χ1) is 8.79. The molecular formula is C14H14N2O2. The minimum Gasteiger partial charge on any atom is -0.464 e. The maximum absolute atomic E-state index is 5.60. The number of aryl methyl sites for hydroxylation is 1. The van der Waals surface area contributed by atoms with E-state index in [-0.39, 0.29) is 0 Å². The van der Waals surface area contributed by atoms with Crippen molar-refractivity contribution in [3.05, 3.63) is 36.2 Å². The summed E-state index contributed by atoms with van der Waals surface area (Å²) in [5, 5.41) is 1.11. The SMILES string of the molecule is CCOc1cnc(-c2c(C)[nH]c3ccccc23)o1. The number of aromatic amines is 1. The summed E-state index contributed by atoms with van der Waals surface area (Å²) in [7, 11) is 0. The number of aromatic nitrogens is 2. The van der Waals surface area contributed by atoms with Crippen LogP contribution in [0, 0.1) is 6.92 Å². The number of nitrogens with one attached hydrogen (secondary N) is 1. The van der Waals surface area contributed by atoms with E-state index in [9.17, 15) is 0 Å². The van der Waals surface area contributed by atoms with E-state index in [1.165, 1.54) is 0 Å². The second kappa shape index (κ2) is 4.22. The first-order valence-corrected chi connectivity index (χ1v) is 5.96. The number of ether oxygens (including phenoxy) is 1. The highest BCUT2D eigenvalue weighted by Gasteiger charge is 2.15. The molecule has 0 aliphatic heterocycles. The maximum Gasteiger partial charge on any atom is 0.305 e. The normalized spacial score (nSPS) is 11.0. The van der Waals surface area contributed by atoms with Crippen LogP contribution < -0.4 is 4.74 Å². The van der Waals surface area contributed by atoms with Crippen LogP contribution in [0.4, 0.5) is 0 Å². The second-order valence-electron chi connectivity index (χ2n) is 4.09. The van der Waals surface area contributed by atoms with E-state index in [4.69, 9.17) is 9.15 Å². The quantitative estimate of drug-likeness (QED) is 0.764. The fourth-order valence-electron chi connectivity index (χ4n) is 2.14. The van der Waals surface area contributed by atoms with Gasteiger partial charge in [0.2, 0.25) is 5.89 Å². The molecule has 0 saturated heterocycles. The van der Waals surface area contributed by atoms with E-state index in [0.717, 1.165) is 22.2 Å². The van der Waals surface area contributed by atoms with E-state index in [1.807, 2.05) is 32.0 Å². The van der Waals surface area contributed by atoms with Crippen LogP contribution in [-0.4, -0.2) is 16.6 Å². The molecule has 2 heterocycles. The zero-order valence-electron chi connectivity index (χ0n) is 10.4. The fraction of sp³-hybridized carbons (Fsp3) is 0.214. The zero-order valence-corrected chi connectivity index (χ0v) is 10.4. The van der Waals surface area contributed by atoms with Crippen molar-refractivity contribution in [2.45, 2.75) is 13.8 Å². The van der Waals surface area contributed by atoms with Gasteiger partial charge in [-0.25, -0.2) is 4.98 Å². The first-order valence-electron chi connectivity index (χ1n) is 5.96. The van der Waals surface area contributed by atoms with Crippen LogP contribution in [-0.2, 0) is 0 Å². The van der Waals surface area contributed by atoms with Crippen molar-refractivity contribution in [1.82, 2.24) is 9.97 Å². The highest BCUT2D eigenvalue weighted by Crippen LogP contribution is 2.32. The fourth-order valence-corrected chi connectivity index (χ4v) is 2.14. The molecule has 0 aliphatic carbocycles. The Bertz CT molecular complexity index is 682. The van der Waals surface area contributed by atoms with Gasteiger partial charge in [-0.2, -0.15) is 0 Å². The van der Waals surface area contributed by atoms with Crippen molar-refractivity contribution in [2.75, 3.05) is 6.61 Å². The van der Waals surface area contributed by atoms with Gasteiger partial charge >= 0.3 is 5.95 Å². The summed E-state index contributed by atoms with van der Waals surface area (Å²) in [6.45, 7) is 4.50. The van der Waals surface area contributed by atoms with Gasteiger partial charge in [0.05, 0.1) is 12.2 Å². The van der Waals surface area contributed by atoms with Crippen molar-refractivity contribution >= 4 is 10.9 Å². The molecule has 2 aromatic heterocycles. The lowest BCUT2D eigenvalue weighted by Gasteiger charge is -1.96. The smallest absolute Gasteiger partial charge is 0.305 e. The van der Waals surface area contributed by atoms with E-state index in [1.54, 1.807) is 6.20 Å². The summed E-state index contributed by atoms with van der Waals surface area (Å²) in [5.74, 6) is 1.05. The van der Waals surface area contributed by atoms with Crippen molar-refractivity contribution < 1.29 is 9.15 Å². The molecule has 92 valence electrons. The lowest BCUT2D eigenvalue weighted by atomic mass is 10.1. The van der Waals surface area contributed by atoms with Gasteiger partial charge in [0, 0.05) is 16.6 Å². The van der Waals surface area contributed by atoms with Gasteiger partial charge in [0.15, 0.2) is 0 Å². The number of H-pyrrole nitrogens is 1. The highest BCUT2D eigenvalue weighted by atomic mass is 16.6. The van der Waals surface area contributed by atoms with Gasteiger partial charge in [-0.1, -0.05) is 18.2 Å². The van der Waals surface area contributed by atoms with Crippen LogP contribution >= 0.6 is 0 Å². The van der Waals surface area contributed by atoms with Crippen molar-refractivity contribution in [3.8, 4) is 17.4 Å². The Kier molecular flexibility index (Phi) is 2.55. The summed E-state index contributed by atoms with van der Waals surface area (Å²) >= 11 is 0. The number of oxazole rings is 1. The second-order valence-corrected chi connectivity index (χ2v) is 4.09. The lowest BCUT2D eigenvalue weighted by Crippen LogP contribution is -1.88. The van der Waals surface area contributed by atoms with Crippen molar-refractivity contribution in [3.63, 3.8) is 0 Å². The number of hydrogen-bond donors (Lipinski definition) is 1. The predicted molar refractivity (Wildman–Crippen MR) is 69.7 cm³/mol. The minimum absolute atomic E-state index is 0.456. The van der Waals surface area contributed by atoms with E-state index >= 15 is 0 Å². The van der Waals surface area contributed by atoms with Crippen LogP contribution in [0.3, 0.4) is 0 Å². The zero-order chi connectivity index (χ0) is 12.5. The molecule has 0 saturated carbocycles. The Labute approximate surface area is 105 Å². The number of rotatable bonds is 3. The molecule has 0 radical (unpaired) electrons. The van der Waals surface area contributed by atoms with Crippen LogP contribution in [0.15, 0.2) is 34.9 Å². The molecule has 0 amide bonds. The summed E-state index contributed by atoms with van der Waals surface area (Å²) in [6.07, 6.45) is 1.61. The molecule has 4 heteroatoms. The molecular weight excluding hydrogens is 228 g/mol. The topological polar surface area (TPSA) is 51.0 Å². The molecule has 0 fully saturated rings. The number of hydrogen-bond acceptors (Lipinski definition) is 3. The molecule has 18 heavy (non-hydrogen) atoms. The van der Waals surface area contributed by atoms with Crippen LogP contribution in [0.5, 0.6) is 5.95 Å². The molecule has 0 atom stereocenters. The third-order valence-electron chi connectivity index (χ3n) is 2.88. The minimum atomic E-state index is 0.456. The number of para-hydroxylation sites is 1. The monoisotopic (exact) mass is 242 g/mol. The van der Waals surface area contributed by atoms with Gasteiger partial charge in [-0.05, 0) is 19.9 Å². The number of fused-ring (bicyclic) bond motifs is 1. The Morgan fingerprint density at radius 3 is 3.00 bits per heavy atom. The lowest BCUT2D eigenvalue weighted by molar-refractivity contribution is 0.260. The van der Waals surface area contributed by atoms with Crippen LogP contribution in [0.25, 0.3) is 22.4 Å². The predicted octanol–water partition coefficient (Wildman–Crippen LogP) is 3.53. The maximum atomic E-state index is 5.60. The molecule has 0 bridgehead atoms. The number of nitrogens with zero attached hydrogens (tertiary/aromatic N) is 1. The average Bonchev–Trinajstić information content (AvgIpc) is 2.92. The Morgan fingerprint density at radius 2 is 2.17 bits per heavy atom. The summed E-state index contributed by atoms with van der Waals surface area (Å²) < 4.78 is 10.9. The first kappa shape index (κ1) is 10.9. The largest absolute Gasteiger partial charge is 0.464 e. The molecule has 0 unspecified atom stereocenters. The van der Waals surface area contributed by atoms with Gasteiger partial charge in [-0.3, -0.25) is 0 Å². The molecule has 0 aliphatic rings. The van der Waals surface area contributed by atoms with Gasteiger partial charge < -0.3 is 14.1 Å². The van der Waals surface area contributed by atoms with Gasteiger partial charge in [0.25, 0.3) is 0 Å². The molecule has 3 aromatic rings. The molecule has 4 nitrogen and oxygen atoms in total. The Hall–Kier alpha value is -2.23. The summed E-state index contributed by atoms with van der Waals surface area (Å²) in [6, 6.07) is 8.10. The standard InChI is InChI=1S/C14H14N2O2/c1-3-17-12-8-15-14(18-12)13-9(2)16-11-7-5-4-6-10(11)13/h4-8,16H,3H2,1-2H3. The molecule has 1 aromatic carbocycles. The third kappa shape index (κ3) is 1.66. The Morgan fingerprint density at radius 1 is 1.33 bits per heavy atom. The van der Waals surface area contributed by atoms with Crippen molar-refractivity contribution in [2.24, 2.45) is 0 Å². The van der Waals surface area contributed by atoms with Crippen molar-refractivity contribution in [1.29, 1.82) is 0 Å². The average molecular weight is 242 g/mol. The van der Waals surface area contributed by atoms with Gasteiger partial charge in [0.1, 0.15) is 6.20 Å². The van der Waals surface area contributed by atoms with E-state index < -0.39 is 0 Å². The van der Waals surface area contributed by atoms with Gasteiger partial charge in [-0.15, -0.1) is 0 Å². The molecule has 0 spiro atoms.